The third-order valence-corrected chi connectivity index (χ3v) is 12.7. The van der Waals surface area contributed by atoms with Crippen LogP contribution in [-0.2, 0) is 57.2 Å². The van der Waals surface area contributed by atoms with Crippen LogP contribution in [0.25, 0.3) is 0 Å². The van der Waals surface area contributed by atoms with Crippen LogP contribution >= 0.6 is 0 Å². The molecule has 16 nitrogen and oxygen atoms in total. The van der Waals surface area contributed by atoms with Crippen molar-refractivity contribution in [1.29, 1.82) is 0 Å². The number of carbonyl (C=O) groups is 7. The van der Waals surface area contributed by atoms with Gasteiger partial charge >= 0.3 is 41.8 Å². The molecule has 0 N–H and O–H groups in total. The molecule has 16 heteroatoms. The minimum Gasteiger partial charge on any atom is -0.465 e. The van der Waals surface area contributed by atoms with Gasteiger partial charge in [0.25, 0.3) is 0 Å². The molecule has 0 aromatic heterocycles. The highest BCUT2D eigenvalue weighted by Crippen LogP contribution is 2.15. The molecular weight excluding hydrogens is 935 g/mol. The maximum Gasteiger partial charge on any atom is 0.319 e. The summed E-state index contributed by atoms with van der Waals surface area (Å²) in [5.74, 6) is -3.90. The van der Waals surface area contributed by atoms with Gasteiger partial charge in [-0.05, 0) is 52.7 Å². The van der Waals surface area contributed by atoms with Gasteiger partial charge in [0.15, 0.2) is 0 Å². The Morgan fingerprint density at radius 2 is 0.616 bits per heavy atom. The molecule has 2 amide bonds. The lowest BCUT2D eigenvalue weighted by atomic mass is 10.1. The van der Waals surface area contributed by atoms with E-state index in [1.165, 1.54) is 30.6 Å². The zero-order valence-electron chi connectivity index (χ0n) is 47.3. The molecule has 0 unspecified atom stereocenters. The molecular formula is C57H105N3O13. The number of amides is 2. The van der Waals surface area contributed by atoms with Crippen LogP contribution in [0.3, 0.4) is 0 Å². The van der Waals surface area contributed by atoms with Crippen molar-refractivity contribution in [3.05, 3.63) is 0 Å². The van der Waals surface area contributed by atoms with Gasteiger partial charge in [-0.3, -0.25) is 28.8 Å². The topological polar surface area (TPSA) is 185 Å². The van der Waals surface area contributed by atoms with Gasteiger partial charge in [0.2, 0.25) is 0 Å². The number of hydrogen-bond acceptors (Lipinski definition) is 14. The van der Waals surface area contributed by atoms with Gasteiger partial charge in [-0.1, -0.05) is 156 Å². The van der Waals surface area contributed by atoms with Gasteiger partial charge in [-0.25, -0.2) is 4.79 Å². The number of carbonyl (C=O) groups excluding carboxylic acids is 7. The third kappa shape index (κ3) is 44.1. The van der Waals surface area contributed by atoms with Crippen LogP contribution < -0.4 is 0 Å². The first-order valence-electron chi connectivity index (χ1n) is 28.8. The fourth-order valence-corrected chi connectivity index (χ4v) is 8.06. The summed E-state index contributed by atoms with van der Waals surface area (Å²) in [6, 6.07) is -0.342. The minimum atomic E-state index is -0.619. The highest BCUT2D eigenvalue weighted by atomic mass is 16.6. The summed E-state index contributed by atoms with van der Waals surface area (Å²) < 4.78 is 33.5. The van der Waals surface area contributed by atoms with Crippen LogP contribution in [-0.4, -0.2) is 144 Å². The zero-order valence-corrected chi connectivity index (χ0v) is 47.3. The molecule has 0 radical (unpaired) electrons. The molecule has 0 aliphatic carbocycles. The Morgan fingerprint density at radius 1 is 0.329 bits per heavy atom. The third-order valence-electron chi connectivity index (χ3n) is 12.7. The lowest BCUT2D eigenvalue weighted by molar-refractivity contribution is -0.155. The number of ether oxygens (including phenoxy) is 6. The SMILES string of the molecule is CCCCCCCCC(=O)OCC(COC(=O)CCCCCCCC)CC(=O)OCCN(CCOC(=O)CC(COC(=O)CCCCCCCC)COC(=O)CCCCCCCC)C(=O)N(C)CCCN(C)C. The van der Waals surface area contributed by atoms with Crippen LogP contribution in [0.15, 0.2) is 0 Å². The summed E-state index contributed by atoms with van der Waals surface area (Å²) in [7, 11) is 5.59. The molecule has 0 aliphatic heterocycles. The quantitative estimate of drug-likeness (QED) is 0.0318. The predicted octanol–water partition coefficient (Wildman–Crippen LogP) is 11.6. The maximum atomic E-state index is 13.7. The Balaban J connectivity index is 5.67. The van der Waals surface area contributed by atoms with Gasteiger partial charge in [-0.15, -0.1) is 0 Å². The molecule has 0 saturated carbocycles. The summed E-state index contributed by atoms with van der Waals surface area (Å²) in [5, 5.41) is 0. The summed E-state index contributed by atoms with van der Waals surface area (Å²) in [6.45, 7) is 9.09. The first kappa shape index (κ1) is 69.0. The van der Waals surface area contributed by atoms with E-state index in [0.29, 0.717) is 6.54 Å². The summed E-state index contributed by atoms with van der Waals surface area (Å²) in [4.78, 5) is 95.9. The van der Waals surface area contributed by atoms with Crippen molar-refractivity contribution in [3.63, 3.8) is 0 Å². The fourth-order valence-electron chi connectivity index (χ4n) is 8.06. The molecule has 0 spiro atoms. The lowest BCUT2D eigenvalue weighted by Crippen LogP contribution is -2.45. The molecule has 0 saturated heterocycles. The Labute approximate surface area is 442 Å². The van der Waals surface area contributed by atoms with Crippen molar-refractivity contribution < 1.29 is 62.0 Å². The van der Waals surface area contributed by atoms with Crippen molar-refractivity contribution in [2.75, 3.05) is 87.0 Å². The molecule has 0 fully saturated rings. The van der Waals surface area contributed by atoms with Crippen LogP contribution in [0.2, 0.25) is 0 Å². The lowest BCUT2D eigenvalue weighted by Gasteiger charge is -2.28. The molecule has 426 valence electrons. The van der Waals surface area contributed by atoms with Crippen molar-refractivity contribution in [3.8, 4) is 0 Å². The smallest absolute Gasteiger partial charge is 0.319 e. The number of rotatable bonds is 50. The minimum absolute atomic E-state index is 0.00295. The largest absolute Gasteiger partial charge is 0.465 e. The van der Waals surface area contributed by atoms with E-state index >= 15 is 0 Å². The number of nitrogens with zero attached hydrogens (tertiary/aromatic N) is 3. The molecule has 0 aliphatic rings. The molecule has 0 bridgehead atoms. The highest BCUT2D eigenvalue weighted by molar-refractivity contribution is 5.75. The average molecular weight is 1040 g/mol. The Kier molecular flexibility index (Phi) is 46.3. The van der Waals surface area contributed by atoms with Gasteiger partial charge in [0.05, 0.1) is 52.4 Å². The Bertz CT molecular complexity index is 1280. The van der Waals surface area contributed by atoms with E-state index in [0.717, 1.165) is 141 Å². The maximum absolute atomic E-state index is 13.7. The summed E-state index contributed by atoms with van der Waals surface area (Å²) in [5.41, 5.74) is 0. The molecule has 0 aromatic rings. The highest BCUT2D eigenvalue weighted by Gasteiger charge is 2.24. The molecule has 0 atom stereocenters. The first-order valence-corrected chi connectivity index (χ1v) is 28.8. The van der Waals surface area contributed by atoms with E-state index in [-0.39, 0.29) is 121 Å². The van der Waals surface area contributed by atoms with Crippen molar-refractivity contribution >= 4 is 41.8 Å². The number of esters is 6. The Morgan fingerprint density at radius 3 is 0.904 bits per heavy atom. The average Bonchev–Trinajstić information content (AvgIpc) is 3.36. The Hall–Kier alpha value is -3.95. The van der Waals surface area contributed by atoms with Crippen LogP contribution in [0.4, 0.5) is 4.79 Å². The van der Waals surface area contributed by atoms with Crippen molar-refractivity contribution in [2.45, 2.75) is 227 Å². The number of hydrogen-bond donors (Lipinski definition) is 0. The predicted molar refractivity (Wildman–Crippen MR) is 287 cm³/mol. The number of unbranched alkanes of at least 4 members (excludes halogenated alkanes) is 20. The van der Waals surface area contributed by atoms with Crippen molar-refractivity contribution in [2.24, 2.45) is 11.8 Å². The second-order valence-electron chi connectivity index (χ2n) is 20.2. The van der Waals surface area contributed by atoms with E-state index in [1.807, 2.05) is 19.0 Å². The first-order chi connectivity index (χ1) is 35.3. The second-order valence-corrected chi connectivity index (χ2v) is 20.2. The van der Waals surface area contributed by atoms with Gasteiger partial charge in [0, 0.05) is 51.1 Å². The standard InChI is InChI=1S/C57H105N3O13/c1-8-12-16-20-24-28-33-51(61)70-45-49(46-71-52(62)34-29-25-21-17-13-9-2)43-55(65)68-41-39-60(57(67)59(7)38-32-37-58(5)6)40-42-69-56(66)44-50(47-72-53(63)35-30-26-22-18-14-10-3)48-73-54(64)36-31-27-23-19-15-11-4/h49-50H,8-48H2,1-7H3. The van der Waals surface area contributed by atoms with E-state index in [4.69, 9.17) is 28.4 Å². The van der Waals surface area contributed by atoms with E-state index in [9.17, 15) is 33.6 Å². The monoisotopic (exact) mass is 1040 g/mol. The van der Waals surface area contributed by atoms with Crippen LogP contribution in [0.1, 0.15) is 227 Å². The zero-order chi connectivity index (χ0) is 54.2. The molecule has 0 aromatic carbocycles. The number of urea groups is 1. The van der Waals surface area contributed by atoms with Gasteiger partial charge in [-0.2, -0.15) is 0 Å². The molecule has 0 rings (SSSR count). The van der Waals surface area contributed by atoms with E-state index in [2.05, 4.69) is 27.7 Å². The van der Waals surface area contributed by atoms with Gasteiger partial charge in [0.1, 0.15) is 13.2 Å². The van der Waals surface area contributed by atoms with E-state index in [1.54, 1.807) is 11.9 Å². The molecule has 0 heterocycles. The van der Waals surface area contributed by atoms with Crippen LogP contribution in [0.5, 0.6) is 0 Å². The normalized spacial score (nSPS) is 11.2. The van der Waals surface area contributed by atoms with Crippen molar-refractivity contribution in [1.82, 2.24) is 14.7 Å². The fraction of sp³-hybridized carbons (Fsp3) is 0.877. The summed E-state index contributed by atoms with van der Waals surface area (Å²) >= 11 is 0. The van der Waals surface area contributed by atoms with Crippen LogP contribution in [0, 0.1) is 11.8 Å². The van der Waals surface area contributed by atoms with E-state index < -0.39 is 23.8 Å². The van der Waals surface area contributed by atoms with Gasteiger partial charge < -0.3 is 43.1 Å². The second kappa shape index (κ2) is 49.0. The summed E-state index contributed by atoms with van der Waals surface area (Å²) in [6.07, 6.45) is 26.1. The molecule has 73 heavy (non-hydrogen) atoms.